The molecule has 0 bridgehead atoms. The van der Waals surface area contributed by atoms with Crippen LogP contribution in [0.5, 0.6) is 0 Å². The largest absolute Gasteiger partial charge is 0.369 e. The number of ether oxygens (including phenoxy) is 1. The summed E-state index contributed by atoms with van der Waals surface area (Å²) in [5.74, 6) is 0. The van der Waals surface area contributed by atoms with Crippen molar-refractivity contribution in [2.75, 3.05) is 13.2 Å². The summed E-state index contributed by atoms with van der Waals surface area (Å²) < 4.78 is 4.31. The van der Waals surface area contributed by atoms with Gasteiger partial charge in [0.05, 0.1) is 5.69 Å². The van der Waals surface area contributed by atoms with Gasteiger partial charge < -0.3 is 4.74 Å². The fourth-order valence-corrected chi connectivity index (χ4v) is 0.555. The van der Waals surface area contributed by atoms with Gasteiger partial charge in [-0.2, -0.15) is 4.99 Å². The SMILES string of the molecule is COCCl.O=C=Nc1ccccc1. The van der Waals surface area contributed by atoms with Gasteiger partial charge in [-0.3, -0.25) is 0 Å². The third kappa shape index (κ3) is 7.22. The third-order valence-electron chi connectivity index (χ3n) is 1.04. The van der Waals surface area contributed by atoms with Gasteiger partial charge in [0.1, 0.15) is 6.07 Å². The van der Waals surface area contributed by atoms with E-state index in [0.717, 1.165) is 0 Å². The first-order valence-electron chi connectivity index (χ1n) is 3.53. The van der Waals surface area contributed by atoms with E-state index in [-0.39, 0.29) is 0 Å². The first kappa shape index (κ1) is 11.8. The van der Waals surface area contributed by atoms with E-state index in [1.54, 1.807) is 19.2 Å². The minimum Gasteiger partial charge on any atom is -0.369 e. The molecule has 1 aromatic carbocycles. The number of carbonyl (C=O) groups excluding carboxylic acids is 1. The summed E-state index contributed by atoms with van der Waals surface area (Å²) in [6.07, 6.45) is 1.46. The normalized spacial score (nSPS) is 7.85. The molecule has 0 heterocycles. The molecule has 1 rings (SSSR count). The van der Waals surface area contributed by atoms with Crippen molar-refractivity contribution in [3.63, 3.8) is 0 Å². The molecule has 4 heteroatoms. The lowest BCUT2D eigenvalue weighted by atomic mass is 10.3. The lowest BCUT2D eigenvalue weighted by molar-refractivity contribution is 0.254. The average molecular weight is 200 g/mol. The zero-order valence-corrected chi connectivity index (χ0v) is 7.99. The number of hydrogen-bond donors (Lipinski definition) is 0. The number of para-hydroxylation sites is 1. The van der Waals surface area contributed by atoms with Gasteiger partial charge in [0.15, 0.2) is 0 Å². The maximum absolute atomic E-state index is 9.68. The van der Waals surface area contributed by atoms with Crippen molar-refractivity contribution in [2.45, 2.75) is 0 Å². The Morgan fingerprint density at radius 2 is 2.00 bits per heavy atom. The Kier molecular flexibility index (Phi) is 8.15. The number of alkyl halides is 1. The van der Waals surface area contributed by atoms with Crippen LogP contribution in [-0.4, -0.2) is 19.3 Å². The fraction of sp³-hybridized carbons (Fsp3) is 0.222. The van der Waals surface area contributed by atoms with Crippen LogP contribution in [0.1, 0.15) is 0 Å². The average Bonchev–Trinajstić information content (AvgIpc) is 2.20. The van der Waals surface area contributed by atoms with E-state index in [2.05, 4.69) is 9.73 Å². The molecule has 0 saturated carbocycles. The summed E-state index contributed by atoms with van der Waals surface area (Å²) in [6.45, 7) is 0. The quantitative estimate of drug-likeness (QED) is 0.417. The Balaban J connectivity index is 0.000000310. The van der Waals surface area contributed by atoms with Crippen molar-refractivity contribution in [1.29, 1.82) is 0 Å². The van der Waals surface area contributed by atoms with Crippen LogP contribution in [0.2, 0.25) is 0 Å². The number of isocyanates is 1. The molecule has 0 aromatic heterocycles. The highest BCUT2D eigenvalue weighted by Crippen LogP contribution is 2.06. The van der Waals surface area contributed by atoms with Crippen molar-refractivity contribution >= 4 is 23.4 Å². The Labute approximate surface area is 82.0 Å². The number of nitrogens with zero attached hydrogens (tertiary/aromatic N) is 1. The molecule has 0 radical (unpaired) electrons. The molecule has 0 aliphatic rings. The Hall–Kier alpha value is -1.15. The molecule has 0 spiro atoms. The smallest absolute Gasteiger partial charge is 0.240 e. The number of benzene rings is 1. The van der Waals surface area contributed by atoms with Gasteiger partial charge in [0.2, 0.25) is 6.08 Å². The standard InChI is InChI=1S/C7H5NO.C2H5ClO/c9-6-8-7-4-2-1-3-5-7;1-4-2-3/h1-5H;2H2,1H3. The Morgan fingerprint density at radius 1 is 1.46 bits per heavy atom. The molecule has 0 unspecified atom stereocenters. The molecular weight excluding hydrogens is 190 g/mol. The summed E-state index contributed by atoms with van der Waals surface area (Å²) in [7, 11) is 1.55. The highest BCUT2D eigenvalue weighted by Gasteiger charge is 1.79. The molecule has 13 heavy (non-hydrogen) atoms. The second-order valence-corrected chi connectivity index (χ2v) is 2.15. The van der Waals surface area contributed by atoms with Crippen LogP contribution in [0.25, 0.3) is 0 Å². The molecule has 0 atom stereocenters. The van der Waals surface area contributed by atoms with E-state index in [4.69, 9.17) is 11.6 Å². The van der Waals surface area contributed by atoms with Gasteiger partial charge in [-0.15, -0.1) is 0 Å². The fourth-order valence-electron chi connectivity index (χ4n) is 0.555. The van der Waals surface area contributed by atoms with Crippen molar-refractivity contribution in [3.05, 3.63) is 30.3 Å². The third-order valence-corrected chi connectivity index (χ3v) is 1.26. The van der Waals surface area contributed by atoms with Crippen LogP contribution < -0.4 is 0 Å². The van der Waals surface area contributed by atoms with Crippen LogP contribution in [0.4, 0.5) is 5.69 Å². The van der Waals surface area contributed by atoms with Crippen LogP contribution in [0.15, 0.2) is 35.3 Å². The lowest BCUT2D eigenvalue weighted by Crippen LogP contribution is -1.68. The highest BCUT2D eigenvalue weighted by molar-refractivity contribution is 6.17. The Bertz CT molecular complexity index is 256. The van der Waals surface area contributed by atoms with Crippen molar-refractivity contribution in [2.24, 2.45) is 4.99 Å². The van der Waals surface area contributed by atoms with Crippen molar-refractivity contribution in [1.82, 2.24) is 0 Å². The summed E-state index contributed by atoms with van der Waals surface area (Å²) >= 11 is 4.96. The molecule has 0 aliphatic heterocycles. The Morgan fingerprint density at radius 3 is 2.38 bits per heavy atom. The topological polar surface area (TPSA) is 38.7 Å². The van der Waals surface area contributed by atoms with Gasteiger partial charge in [0, 0.05) is 7.11 Å². The molecule has 70 valence electrons. The summed E-state index contributed by atoms with van der Waals surface area (Å²) in [6, 6.07) is 9.27. The maximum atomic E-state index is 9.68. The van der Waals surface area contributed by atoms with E-state index in [0.29, 0.717) is 11.8 Å². The van der Waals surface area contributed by atoms with E-state index in [1.807, 2.05) is 18.2 Å². The number of rotatable bonds is 2. The molecule has 1 aromatic rings. The second kappa shape index (κ2) is 8.94. The van der Waals surface area contributed by atoms with E-state index in [1.165, 1.54) is 6.08 Å². The van der Waals surface area contributed by atoms with Crippen LogP contribution in [-0.2, 0) is 9.53 Å². The molecular formula is C9H10ClNO2. The first-order valence-corrected chi connectivity index (χ1v) is 4.06. The molecule has 0 aliphatic carbocycles. The predicted molar refractivity (Wildman–Crippen MR) is 52.0 cm³/mol. The van der Waals surface area contributed by atoms with Gasteiger partial charge in [-0.25, -0.2) is 4.79 Å². The minimum atomic E-state index is 0.292. The van der Waals surface area contributed by atoms with Crippen molar-refractivity contribution < 1.29 is 9.53 Å². The van der Waals surface area contributed by atoms with Gasteiger partial charge in [-0.05, 0) is 12.1 Å². The van der Waals surface area contributed by atoms with E-state index < -0.39 is 0 Å². The number of hydrogen-bond acceptors (Lipinski definition) is 3. The lowest BCUT2D eigenvalue weighted by Gasteiger charge is -1.83. The highest BCUT2D eigenvalue weighted by atomic mass is 35.5. The number of aliphatic imine (C=N–C) groups is 1. The van der Waals surface area contributed by atoms with E-state index >= 15 is 0 Å². The molecule has 0 amide bonds. The van der Waals surface area contributed by atoms with Crippen LogP contribution >= 0.6 is 11.6 Å². The zero-order valence-electron chi connectivity index (χ0n) is 7.24. The summed E-state index contributed by atoms with van der Waals surface area (Å²) in [5.41, 5.74) is 0.646. The van der Waals surface area contributed by atoms with E-state index in [9.17, 15) is 4.79 Å². The monoisotopic (exact) mass is 199 g/mol. The second-order valence-electron chi connectivity index (χ2n) is 1.94. The van der Waals surface area contributed by atoms with Gasteiger partial charge >= 0.3 is 0 Å². The molecule has 0 saturated heterocycles. The number of methoxy groups -OCH3 is 1. The molecule has 0 fully saturated rings. The first-order chi connectivity index (χ1) is 6.35. The van der Waals surface area contributed by atoms with Gasteiger partial charge in [-0.1, -0.05) is 29.8 Å². The van der Waals surface area contributed by atoms with Crippen LogP contribution in [0, 0.1) is 0 Å². The minimum absolute atomic E-state index is 0.292. The summed E-state index contributed by atoms with van der Waals surface area (Å²) in [5, 5.41) is 0. The predicted octanol–water partition coefficient (Wildman–Crippen LogP) is 2.48. The van der Waals surface area contributed by atoms with Gasteiger partial charge in [0.25, 0.3) is 0 Å². The van der Waals surface area contributed by atoms with Crippen LogP contribution in [0.3, 0.4) is 0 Å². The number of halogens is 1. The maximum Gasteiger partial charge on any atom is 0.240 e. The summed E-state index contributed by atoms with van der Waals surface area (Å²) in [4.78, 5) is 13.1. The van der Waals surface area contributed by atoms with Crippen molar-refractivity contribution in [3.8, 4) is 0 Å². The zero-order chi connectivity index (χ0) is 9.94. The molecule has 0 N–H and O–H groups in total. The molecule has 3 nitrogen and oxygen atoms in total.